The van der Waals surface area contributed by atoms with Gasteiger partial charge in [-0.25, -0.2) is 4.79 Å². The first-order valence-electron chi connectivity index (χ1n) is 8.20. The number of nitrogens with one attached hydrogen (secondary N) is 1. The lowest BCUT2D eigenvalue weighted by Crippen LogP contribution is -2.41. The van der Waals surface area contributed by atoms with E-state index in [2.05, 4.69) is 4.98 Å². The van der Waals surface area contributed by atoms with Crippen molar-refractivity contribution in [3.63, 3.8) is 0 Å². The third-order valence-electron chi connectivity index (χ3n) is 3.95. The minimum absolute atomic E-state index is 0.00334. The SMILES string of the molecule is COC(=O)c1[nH]c(C)c(C(=O)CN(C(=O)CC(C)C)C(C)C)c1C. The highest BCUT2D eigenvalue weighted by atomic mass is 16.5. The van der Waals surface area contributed by atoms with Crippen LogP contribution in [0.3, 0.4) is 0 Å². The average Bonchev–Trinajstić information content (AvgIpc) is 2.77. The molecule has 0 spiro atoms. The molecule has 0 aromatic carbocycles. The summed E-state index contributed by atoms with van der Waals surface area (Å²) in [5.74, 6) is -0.489. The van der Waals surface area contributed by atoms with Gasteiger partial charge in [0.15, 0.2) is 5.78 Å². The normalized spacial score (nSPS) is 11.0. The van der Waals surface area contributed by atoms with E-state index in [0.29, 0.717) is 23.2 Å². The first-order valence-corrected chi connectivity index (χ1v) is 8.20. The molecule has 24 heavy (non-hydrogen) atoms. The van der Waals surface area contributed by atoms with E-state index in [1.54, 1.807) is 18.7 Å². The van der Waals surface area contributed by atoms with Crippen LogP contribution in [-0.2, 0) is 9.53 Å². The van der Waals surface area contributed by atoms with Gasteiger partial charge in [0, 0.05) is 23.7 Å². The highest BCUT2D eigenvalue weighted by molar-refractivity contribution is 6.04. The van der Waals surface area contributed by atoms with Crippen LogP contribution in [0.2, 0.25) is 0 Å². The van der Waals surface area contributed by atoms with Gasteiger partial charge in [-0.15, -0.1) is 0 Å². The summed E-state index contributed by atoms with van der Waals surface area (Å²) in [7, 11) is 1.30. The summed E-state index contributed by atoms with van der Waals surface area (Å²) in [5, 5.41) is 0. The topological polar surface area (TPSA) is 79.5 Å². The molecule has 134 valence electrons. The predicted octanol–water partition coefficient (Wildman–Crippen LogP) is 2.88. The van der Waals surface area contributed by atoms with Crippen LogP contribution in [0.25, 0.3) is 0 Å². The molecule has 0 fully saturated rings. The second-order valence-electron chi connectivity index (χ2n) is 6.75. The number of hydrogen-bond donors (Lipinski definition) is 1. The number of nitrogens with zero attached hydrogens (tertiary/aromatic N) is 1. The van der Waals surface area contributed by atoms with Gasteiger partial charge in [-0.3, -0.25) is 9.59 Å². The molecule has 6 heteroatoms. The number of aryl methyl sites for hydroxylation is 1. The summed E-state index contributed by atoms with van der Waals surface area (Å²) in [5.41, 5.74) is 1.91. The summed E-state index contributed by atoms with van der Waals surface area (Å²) in [6.07, 6.45) is 0.407. The molecule has 0 saturated carbocycles. The van der Waals surface area contributed by atoms with Gasteiger partial charge in [0.25, 0.3) is 0 Å². The summed E-state index contributed by atoms with van der Waals surface area (Å²) in [6.45, 7) is 11.2. The third kappa shape index (κ3) is 4.46. The van der Waals surface area contributed by atoms with Crippen LogP contribution in [0.5, 0.6) is 0 Å². The summed E-state index contributed by atoms with van der Waals surface area (Å²) in [4.78, 5) is 41.4. The van der Waals surface area contributed by atoms with Crippen molar-refractivity contribution in [3.8, 4) is 0 Å². The number of ketones is 1. The maximum absolute atomic E-state index is 12.7. The van der Waals surface area contributed by atoms with E-state index < -0.39 is 5.97 Å². The van der Waals surface area contributed by atoms with Gasteiger partial charge in [-0.2, -0.15) is 0 Å². The van der Waals surface area contributed by atoms with Crippen molar-refractivity contribution >= 4 is 17.7 Å². The largest absolute Gasteiger partial charge is 0.464 e. The standard InChI is InChI=1S/C18H28N2O4/c1-10(2)8-15(22)20(11(3)4)9-14(21)16-12(5)17(18(23)24-7)19-13(16)6/h10-11,19H,8-9H2,1-7H3. The highest BCUT2D eigenvalue weighted by Gasteiger charge is 2.26. The van der Waals surface area contributed by atoms with E-state index in [4.69, 9.17) is 4.74 Å². The van der Waals surface area contributed by atoms with Crippen LogP contribution in [0.4, 0.5) is 0 Å². The quantitative estimate of drug-likeness (QED) is 0.613. The van der Waals surface area contributed by atoms with Crippen molar-refractivity contribution in [1.29, 1.82) is 0 Å². The Hall–Kier alpha value is -2.11. The van der Waals surface area contributed by atoms with E-state index in [1.807, 2.05) is 27.7 Å². The molecule has 1 heterocycles. The van der Waals surface area contributed by atoms with Gasteiger partial charge in [0.05, 0.1) is 13.7 Å². The zero-order valence-electron chi connectivity index (χ0n) is 15.6. The number of Topliss-reactive ketones (excluding diaryl/α,β-unsaturated/α-hetero) is 1. The molecule has 0 unspecified atom stereocenters. The molecule has 6 nitrogen and oxygen atoms in total. The van der Waals surface area contributed by atoms with Crippen LogP contribution in [-0.4, -0.2) is 47.2 Å². The number of carbonyl (C=O) groups excluding carboxylic acids is 3. The van der Waals surface area contributed by atoms with E-state index in [1.165, 1.54) is 7.11 Å². The number of aromatic amines is 1. The molecule has 0 aliphatic heterocycles. The van der Waals surface area contributed by atoms with E-state index in [-0.39, 0.29) is 35.9 Å². The molecular weight excluding hydrogens is 308 g/mol. The third-order valence-corrected chi connectivity index (χ3v) is 3.95. The molecule has 1 N–H and O–H groups in total. The first kappa shape index (κ1) is 19.9. The fourth-order valence-electron chi connectivity index (χ4n) is 2.73. The second-order valence-corrected chi connectivity index (χ2v) is 6.75. The Morgan fingerprint density at radius 3 is 2.17 bits per heavy atom. The molecule has 0 bridgehead atoms. The maximum atomic E-state index is 12.7. The maximum Gasteiger partial charge on any atom is 0.354 e. The van der Waals surface area contributed by atoms with E-state index >= 15 is 0 Å². The fraction of sp³-hybridized carbons (Fsp3) is 0.611. The molecule has 1 aromatic heterocycles. The number of carbonyl (C=O) groups is 3. The Balaban J connectivity index is 3.07. The minimum atomic E-state index is -0.508. The average molecular weight is 336 g/mol. The van der Waals surface area contributed by atoms with Gasteiger partial charge in [0.2, 0.25) is 5.91 Å². The molecule has 0 atom stereocenters. The Morgan fingerprint density at radius 2 is 1.71 bits per heavy atom. The molecule has 1 rings (SSSR count). The first-order chi connectivity index (χ1) is 11.1. The van der Waals surface area contributed by atoms with Crippen molar-refractivity contribution in [2.24, 2.45) is 5.92 Å². The van der Waals surface area contributed by atoms with Crippen molar-refractivity contribution in [1.82, 2.24) is 9.88 Å². The minimum Gasteiger partial charge on any atom is -0.464 e. The summed E-state index contributed by atoms with van der Waals surface area (Å²) < 4.78 is 4.72. The Labute approximate surface area is 143 Å². The second kappa shape index (κ2) is 8.13. The van der Waals surface area contributed by atoms with E-state index in [0.717, 1.165) is 0 Å². The van der Waals surface area contributed by atoms with Crippen LogP contribution in [0.1, 0.15) is 66.2 Å². The van der Waals surface area contributed by atoms with Gasteiger partial charge < -0.3 is 14.6 Å². The number of rotatable bonds is 7. The van der Waals surface area contributed by atoms with Crippen LogP contribution in [0.15, 0.2) is 0 Å². The molecular formula is C18H28N2O4. The van der Waals surface area contributed by atoms with Crippen molar-refractivity contribution in [2.45, 2.75) is 54.0 Å². The summed E-state index contributed by atoms with van der Waals surface area (Å²) in [6, 6.07) is -0.0696. The number of ether oxygens (including phenoxy) is 1. The molecule has 1 aromatic rings. The molecule has 0 aliphatic carbocycles. The lowest BCUT2D eigenvalue weighted by atomic mass is 10.0. The van der Waals surface area contributed by atoms with Gasteiger partial charge in [-0.1, -0.05) is 13.8 Å². The van der Waals surface area contributed by atoms with Crippen LogP contribution >= 0.6 is 0 Å². The lowest BCUT2D eigenvalue weighted by molar-refractivity contribution is -0.133. The van der Waals surface area contributed by atoms with Gasteiger partial charge in [-0.05, 0) is 39.2 Å². The molecule has 1 amide bonds. The molecule has 0 radical (unpaired) electrons. The smallest absolute Gasteiger partial charge is 0.354 e. The van der Waals surface area contributed by atoms with E-state index in [9.17, 15) is 14.4 Å². The molecule has 0 saturated heterocycles. The number of aromatic nitrogens is 1. The zero-order chi connectivity index (χ0) is 18.6. The Morgan fingerprint density at radius 1 is 1.12 bits per heavy atom. The van der Waals surface area contributed by atoms with Gasteiger partial charge >= 0.3 is 5.97 Å². The fourth-order valence-corrected chi connectivity index (χ4v) is 2.73. The van der Waals surface area contributed by atoms with Crippen LogP contribution < -0.4 is 0 Å². The van der Waals surface area contributed by atoms with Crippen molar-refractivity contribution in [3.05, 3.63) is 22.5 Å². The number of H-pyrrole nitrogens is 1. The van der Waals surface area contributed by atoms with Gasteiger partial charge in [0.1, 0.15) is 5.69 Å². The Bertz CT molecular complexity index is 629. The monoisotopic (exact) mass is 336 g/mol. The lowest BCUT2D eigenvalue weighted by Gasteiger charge is -2.27. The highest BCUT2D eigenvalue weighted by Crippen LogP contribution is 2.20. The zero-order valence-corrected chi connectivity index (χ0v) is 15.6. The number of amides is 1. The number of methoxy groups -OCH3 is 1. The van der Waals surface area contributed by atoms with Crippen LogP contribution in [0, 0.1) is 19.8 Å². The Kier molecular flexibility index (Phi) is 6.75. The number of hydrogen-bond acceptors (Lipinski definition) is 4. The van der Waals surface area contributed by atoms with Crippen molar-refractivity contribution in [2.75, 3.05) is 13.7 Å². The summed E-state index contributed by atoms with van der Waals surface area (Å²) >= 11 is 0. The molecule has 0 aliphatic rings. The predicted molar refractivity (Wildman–Crippen MR) is 92.2 cm³/mol. The van der Waals surface area contributed by atoms with Crippen molar-refractivity contribution < 1.29 is 19.1 Å². The number of esters is 1.